The topological polar surface area (TPSA) is 210 Å². The molecule has 1 unspecified atom stereocenters. The number of phenols is 2. The Morgan fingerprint density at radius 3 is 2.31 bits per heavy atom. The number of pyridine rings is 2. The van der Waals surface area contributed by atoms with Crippen LogP contribution >= 0.6 is 0 Å². The molecule has 3 aromatic carbocycles. The minimum absolute atomic E-state index is 0.00674. The molecule has 1 spiro atoms. The van der Waals surface area contributed by atoms with E-state index in [2.05, 4.69) is 37.4 Å². The van der Waals surface area contributed by atoms with Crippen LogP contribution < -0.4 is 15.6 Å². The number of benzene rings is 3. The van der Waals surface area contributed by atoms with Gasteiger partial charge in [0.25, 0.3) is 11.5 Å². The van der Waals surface area contributed by atoms with Gasteiger partial charge in [-0.25, -0.2) is 14.6 Å². The third kappa shape index (κ3) is 9.61. The van der Waals surface area contributed by atoms with Crippen LogP contribution in [-0.2, 0) is 46.0 Å². The molecule has 0 aliphatic carbocycles. The van der Waals surface area contributed by atoms with Crippen molar-refractivity contribution in [3.05, 3.63) is 111 Å². The van der Waals surface area contributed by atoms with Gasteiger partial charge in [0, 0.05) is 75.1 Å². The van der Waals surface area contributed by atoms with Crippen molar-refractivity contribution in [1.82, 2.24) is 44.3 Å². The second-order valence-electron chi connectivity index (χ2n) is 20.4. The Balaban J connectivity index is 0.720. The van der Waals surface area contributed by atoms with Crippen LogP contribution in [0, 0.1) is 5.92 Å². The number of aromatic hydroxyl groups is 2. The Labute approximate surface area is 429 Å². The van der Waals surface area contributed by atoms with Crippen molar-refractivity contribution in [2.75, 3.05) is 52.9 Å². The number of epoxide rings is 1. The molecule has 2 amide bonds. The zero-order chi connectivity index (χ0) is 52.0. The molecule has 0 saturated carbocycles. The predicted molar refractivity (Wildman–Crippen MR) is 277 cm³/mol. The number of ether oxygens (including phenoxy) is 3. The molecule has 10 rings (SSSR count). The van der Waals surface area contributed by atoms with Crippen LogP contribution in [0.5, 0.6) is 17.2 Å². The molecule has 4 aliphatic heterocycles. The van der Waals surface area contributed by atoms with Crippen molar-refractivity contribution < 1.29 is 38.8 Å². The SMILES string of the molecule is CCNC(=O)c1nnc(-c2cc(C(C)C)c(O)cc2O)n1-c1ccc(CN2CCC(CN3CCC(N(C)C(=O)Oc4ccc5nc(-c6cc7c(c(=O)n6CC)COC(=O)C76CO6)cc(CC)c5c4)CC3)CC2)cc1. The number of aromatic nitrogens is 5. The number of rotatable bonds is 14. The van der Waals surface area contributed by atoms with Crippen LogP contribution in [0.2, 0.25) is 0 Å². The molecule has 388 valence electrons. The maximum absolute atomic E-state index is 13.7. The molecule has 7 heterocycles. The first kappa shape index (κ1) is 50.4. The van der Waals surface area contributed by atoms with Gasteiger partial charge in [0.15, 0.2) is 5.82 Å². The van der Waals surface area contributed by atoms with Gasteiger partial charge in [-0.1, -0.05) is 32.9 Å². The number of amides is 2. The quantitative estimate of drug-likeness (QED) is 0.0725. The monoisotopic (exact) mass is 1010 g/mol. The highest BCUT2D eigenvalue weighted by atomic mass is 16.6. The van der Waals surface area contributed by atoms with Crippen molar-refractivity contribution in [1.29, 1.82) is 0 Å². The van der Waals surface area contributed by atoms with Gasteiger partial charge in [-0.3, -0.25) is 19.1 Å². The summed E-state index contributed by atoms with van der Waals surface area (Å²) in [5, 5.41) is 33.7. The fourth-order valence-corrected chi connectivity index (χ4v) is 11.0. The van der Waals surface area contributed by atoms with Crippen molar-refractivity contribution >= 4 is 28.9 Å². The number of hydrogen-bond acceptors (Lipinski definition) is 14. The van der Waals surface area contributed by atoms with E-state index in [0.717, 1.165) is 81.5 Å². The molecule has 18 nitrogen and oxygen atoms in total. The number of phenolic OH excluding ortho intramolecular Hbond substituents is 2. The van der Waals surface area contributed by atoms with E-state index in [4.69, 9.17) is 19.2 Å². The number of nitrogens with zero attached hydrogens (tertiary/aromatic N) is 8. The average molecular weight is 1010 g/mol. The normalized spacial score (nSPS) is 18.4. The van der Waals surface area contributed by atoms with Gasteiger partial charge in [-0.05, 0) is 136 Å². The van der Waals surface area contributed by atoms with Gasteiger partial charge in [0.2, 0.25) is 11.4 Å². The zero-order valence-electron chi connectivity index (χ0n) is 43.0. The van der Waals surface area contributed by atoms with E-state index >= 15 is 0 Å². The van der Waals surface area contributed by atoms with Crippen LogP contribution in [0.25, 0.3) is 39.4 Å². The van der Waals surface area contributed by atoms with Crippen LogP contribution in [0.3, 0.4) is 0 Å². The minimum Gasteiger partial charge on any atom is -0.508 e. The van der Waals surface area contributed by atoms with Crippen LogP contribution in [0.1, 0.15) is 105 Å². The Morgan fingerprint density at radius 2 is 1.64 bits per heavy atom. The lowest BCUT2D eigenvalue weighted by Crippen LogP contribution is -2.48. The molecule has 3 saturated heterocycles. The number of likely N-dealkylation sites (tertiary alicyclic amines) is 2. The van der Waals surface area contributed by atoms with Gasteiger partial charge >= 0.3 is 12.1 Å². The molecule has 1 atom stereocenters. The summed E-state index contributed by atoms with van der Waals surface area (Å²) in [5.41, 5.74) is 5.29. The minimum atomic E-state index is -1.22. The third-order valence-electron chi connectivity index (χ3n) is 15.4. The molecule has 6 aromatic rings. The first-order valence-electron chi connectivity index (χ1n) is 26.0. The number of piperidine rings is 2. The molecule has 3 fully saturated rings. The molecule has 4 aliphatic rings. The summed E-state index contributed by atoms with van der Waals surface area (Å²) < 4.78 is 20.2. The van der Waals surface area contributed by atoms with Gasteiger partial charge in [-0.2, -0.15) is 0 Å². The second kappa shape index (κ2) is 20.6. The summed E-state index contributed by atoms with van der Waals surface area (Å²) >= 11 is 0. The molecule has 0 bridgehead atoms. The maximum Gasteiger partial charge on any atom is 0.415 e. The van der Waals surface area contributed by atoms with E-state index in [1.54, 1.807) is 26.2 Å². The largest absolute Gasteiger partial charge is 0.508 e. The first-order valence-corrected chi connectivity index (χ1v) is 26.0. The lowest BCUT2D eigenvalue weighted by molar-refractivity contribution is -0.153. The van der Waals surface area contributed by atoms with Crippen molar-refractivity contribution in [2.45, 2.75) is 104 Å². The van der Waals surface area contributed by atoms with Crippen LogP contribution in [-0.4, -0.2) is 126 Å². The first-order chi connectivity index (χ1) is 35.7. The lowest BCUT2D eigenvalue weighted by Gasteiger charge is -2.39. The number of aryl methyl sites for hydroxylation is 1. The molecular formula is C56H65N9O9. The Kier molecular flexibility index (Phi) is 14.0. The van der Waals surface area contributed by atoms with E-state index in [1.807, 2.05) is 78.1 Å². The van der Waals surface area contributed by atoms with Gasteiger partial charge in [-0.15, -0.1) is 10.2 Å². The Hall–Kier alpha value is -7.15. The number of nitrogens with one attached hydrogen (secondary N) is 1. The molecule has 3 N–H and O–H groups in total. The summed E-state index contributed by atoms with van der Waals surface area (Å²) in [6.07, 6.45) is 4.20. The summed E-state index contributed by atoms with van der Waals surface area (Å²) in [6.45, 7) is 16.2. The summed E-state index contributed by atoms with van der Waals surface area (Å²) in [6, 6.07) is 20.4. The van der Waals surface area contributed by atoms with Gasteiger partial charge < -0.3 is 44.1 Å². The molecule has 74 heavy (non-hydrogen) atoms. The van der Waals surface area contributed by atoms with Gasteiger partial charge in [0.05, 0.1) is 34.6 Å². The fraction of sp³-hybridized carbons (Fsp3) is 0.446. The maximum atomic E-state index is 13.7. The van der Waals surface area contributed by atoms with E-state index in [-0.39, 0.29) is 54.0 Å². The number of esters is 1. The summed E-state index contributed by atoms with van der Waals surface area (Å²) in [7, 11) is 1.82. The zero-order valence-corrected chi connectivity index (χ0v) is 43.0. The number of carbonyl (C=O) groups excluding carboxylic acids is 3. The second-order valence-corrected chi connectivity index (χ2v) is 20.4. The predicted octanol–water partition coefficient (Wildman–Crippen LogP) is 7.27. The van der Waals surface area contributed by atoms with Gasteiger partial charge in [0.1, 0.15) is 23.9 Å². The van der Waals surface area contributed by atoms with E-state index < -0.39 is 17.7 Å². The highest BCUT2D eigenvalue weighted by Gasteiger charge is 2.59. The van der Waals surface area contributed by atoms with Crippen molar-refractivity contribution in [2.24, 2.45) is 5.92 Å². The van der Waals surface area contributed by atoms with Crippen LogP contribution in [0.15, 0.2) is 71.5 Å². The summed E-state index contributed by atoms with van der Waals surface area (Å²) in [5.74, 6) is 0.393. The number of hydrogen-bond donors (Lipinski definition) is 3. The van der Waals surface area contributed by atoms with E-state index in [0.29, 0.717) is 81.8 Å². The highest BCUT2D eigenvalue weighted by molar-refractivity contribution is 5.92. The molecule has 0 radical (unpaired) electrons. The van der Waals surface area contributed by atoms with Crippen LogP contribution in [0.4, 0.5) is 4.79 Å². The number of carbonyl (C=O) groups is 3. The van der Waals surface area contributed by atoms with E-state index in [1.165, 1.54) is 6.07 Å². The standard InChI is InChI=1S/C56H65N9O9/c1-7-36-24-46(47-27-44-43(53(69)64(47)9-3)31-72-54(70)56(44)32-73-56)58-45-15-14-39(25-41(36)45)74-55(71)61(6)37-18-22-63(23-19-37)30-35-16-20-62(21-17-35)29-34-10-12-38(13-11-34)65-50(59-60-51(65)52(68)57-8-2)42-26-40(33(4)5)48(66)28-49(42)67/h10-15,24-28,33,35,37,66-67H,7-9,16-23,29-32H2,1-6H3,(H,57,68). The average Bonchev–Trinajstić information content (AvgIpc) is 4.08. The molecule has 3 aromatic heterocycles. The fourth-order valence-electron chi connectivity index (χ4n) is 11.0. The Bertz CT molecular complexity index is 3180. The molecular weight excluding hydrogens is 943 g/mol. The number of fused-ring (bicyclic) bond motifs is 3. The third-order valence-corrected chi connectivity index (χ3v) is 15.4. The summed E-state index contributed by atoms with van der Waals surface area (Å²) in [4.78, 5) is 64.8. The van der Waals surface area contributed by atoms with E-state index in [9.17, 15) is 29.4 Å². The highest BCUT2D eigenvalue weighted by Crippen LogP contribution is 2.45. The molecule has 18 heteroatoms. The lowest BCUT2D eigenvalue weighted by atomic mass is 9.92. The van der Waals surface area contributed by atoms with Crippen molar-refractivity contribution in [3.63, 3.8) is 0 Å². The Morgan fingerprint density at radius 1 is 0.905 bits per heavy atom. The van der Waals surface area contributed by atoms with Crippen molar-refractivity contribution in [3.8, 4) is 45.7 Å². The smallest absolute Gasteiger partial charge is 0.415 e. The number of cyclic esters (lactones) is 1.